The van der Waals surface area contributed by atoms with Crippen LogP contribution >= 0.6 is 23.2 Å². The molecule has 1 fully saturated rings. The van der Waals surface area contributed by atoms with E-state index in [1.165, 1.54) is 6.07 Å². The molecular formula is C19H26Cl2N4O2S. The van der Waals surface area contributed by atoms with E-state index in [-0.39, 0.29) is 17.7 Å². The third kappa shape index (κ3) is 4.82. The van der Waals surface area contributed by atoms with E-state index in [9.17, 15) is 9.32 Å². The number of rotatable bonds is 5. The Hall–Kier alpha value is -1.28. The van der Waals surface area contributed by atoms with Gasteiger partial charge in [-0.25, -0.2) is 8.93 Å². The predicted molar refractivity (Wildman–Crippen MR) is 115 cm³/mol. The zero-order valence-corrected chi connectivity index (χ0v) is 18.5. The number of benzene rings is 1. The highest BCUT2D eigenvalue weighted by Crippen LogP contribution is 2.40. The van der Waals surface area contributed by atoms with Gasteiger partial charge < -0.3 is 10.0 Å². The van der Waals surface area contributed by atoms with E-state index in [1.807, 2.05) is 26.8 Å². The number of phenols is 1. The lowest BCUT2D eigenvalue weighted by Crippen LogP contribution is -2.42. The Morgan fingerprint density at radius 3 is 2.50 bits per heavy atom. The summed E-state index contributed by atoms with van der Waals surface area (Å²) in [4.78, 5) is 2.25. The van der Waals surface area contributed by atoms with Crippen molar-refractivity contribution in [2.45, 2.75) is 44.4 Å². The summed E-state index contributed by atoms with van der Waals surface area (Å²) >= 11 is 12.3. The first-order chi connectivity index (χ1) is 13.2. The lowest BCUT2D eigenvalue weighted by atomic mass is 9.85. The van der Waals surface area contributed by atoms with Crippen LogP contribution in [0.4, 0.5) is 5.82 Å². The smallest absolute Gasteiger partial charge is 0.123 e. The van der Waals surface area contributed by atoms with Crippen LogP contribution in [0.2, 0.25) is 10.0 Å². The van der Waals surface area contributed by atoms with Gasteiger partial charge in [0.2, 0.25) is 0 Å². The second-order valence-corrected chi connectivity index (χ2v) is 10.9. The van der Waals surface area contributed by atoms with Gasteiger partial charge in [-0.15, -0.1) is 0 Å². The summed E-state index contributed by atoms with van der Waals surface area (Å²) in [6.45, 7) is 7.44. The van der Waals surface area contributed by atoms with E-state index < -0.39 is 15.7 Å². The molecule has 28 heavy (non-hydrogen) atoms. The molecule has 0 radical (unpaired) electrons. The van der Waals surface area contributed by atoms with Gasteiger partial charge in [-0.2, -0.15) is 5.10 Å². The molecule has 3 rings (SSSR count). The quantitative estimate of drug-likeness (QED) is 0.636. The summed E-state index contributed by atoms with van der Waals surface area (Å²) in [5, 5.41) is 18.2. The maximum atomic E-state index is 12.8. The minimum absolute atomic E-state index is 0.0637. The molecule has 2 unspecified atom stereocenters. The predicted octanol–water partition coefficient (Wildman–Crippen LogP) is 4.43. The number of nitrogens with one attached hydrogen (secondary N) is 2. The summed E-state index contributed by atoms with van der Waals surface area (Å²) in [6.07, 6.45) is 3.49. The lowest BCUT2D eigenvalue weighted by molar-refractivity contribution is 0.320. The molecule has 0 bridgehead atoms. The molecule has 2 aromatic rings. The fourth-order valence-electron chi connectivity index (χ4n) is 3.40. The van der Waals surface area contributed by atoms with Gasteiger partial charge in [-0.3, -0.25) is 5.10 Å². The van der Waals surface area contributed by atoms with Crippen molar-refractivity contribution in [3.8, 4) is 5.75 Å². The minimum atomic E-state index is -1.30. The lowest BCUT2D eigenvalue weighted by Gasteiger charge is -2.37. The number of H-pyrrole nitrogens is 1. The Balaban J connectivity index is 1.85. The van der Waals surface area contributed by atoms with E-state index in [2.05, 4.69) is 19.8 Å². The van der Waals surface area contributed by atoms with Crippen LogP contribution in [0.15, 0.2) is 24.4 Å². The number of aromatic hydroxyl groups is 1. The first-order valence-corrected chi connectivity index (χ1v) is 11.2. The van der Waals surface area contributed by atoms with Crippen molar-refractivity contribution >= 4 is 40.0 Å². The molecule has 1 aromatic carbocycles. The Labute approximate surface area is 178 Å². The van der Waals surface area contributed by atoms with Crippen LogP contribution in [0.3, 0.4) is 0 Å². The number of hydrogen-bond donors (Lipinski definition) is 3. The van der Waals surface area contributed by atoms with E-state index in [4.69, 9.17) is 23.2 Å². The van der Waals surface area contributed by atoms with Gasteiger partial charge in [0.25, 0.3) is 0 Å². The van der Waals surface area contributed by atoms with Gasteiger partial charge in [-0.1, -0.05) is 23.2 Å². The third-order valence-electron chi connectivity index (χ3n) is 5.03. The van der Waals surface area contributed by atoms with E-state index >= 15 is 0 Å². The summed E-state index contributed by atoms with van der Waals surface area (Å²) in [6, 6.07) is 4.79. The molecular weight excluding hydrogens is 419 g/mol. The molecule has 0 aliphatic carbocycles. The Kier molecular flexibility index (Phi) is 6.59. The Morgan fingerprint density at radius 2 is 1.93 bits per heavy atom. The van der Waals surface area contributed by atoms with Crippen LogP contribution in [0.1, 0.15) is 45.2 Å². The maximum Gasteiger partial charge on any atom is 0.123 e. The molecule has 9 heteroatoms. The SMILES string of the molecule is CC(C)(C)S(=O)NC(c1cc(Cl)c(Cl)cc1O)C1CCN(c2ccn[nH]2)CC1. The van der Waals surface area contributed by atoms with Gasteiger partial charge in [-0.05, 0) is 45.6 Å². The standard InChI is InChI=1S/C19H26Cl2N4O2S/c1-19(2,3)28(27)24-18(13-10-14(20)15(21)11-16(13)26)12-5-8-25(9-6-12)17-4-7-22-23-17/h4,7,10-12,18,24,26H,5-6,8-9H2,1-3H3,(H,22,23). The number of aromatic nitrogens is 2. The molecule has 1 aliphatic heterocycles. The first-order valence-electron chi connectivity index (χ1n) is 9.27. The molecule has 0 spiro atoms. The number of piperidine rings is 1. The van der Waals surface area contributed by atoms with Crippen LogP contribution in [0.5, 0.6) is 5.75 Å². The molecule has 0 amide bonds. The average Bonchev–Trinajstić information content (AvgIpc) is 3.17. The number of aromatic amines is 1. The number of phenolic OH excluding ortho intramolecular Hbond substituents is 1. The summed E-state index contributed by atoms with van der Waals surface area (Å²) in [5.41, 5.74) is 0.631. The molecule has 6 nitrogen and oxygen atoms in total. The topological polar surface area (TPSA) is 81.2 Å². The van der Waals surface area contributed by atoms with Crippen molar-refractivity contribution in [3.05, 3.63) is 40.0 Å². The highest BCUT2D eigenvalue weighted by Gasteiger charge is 2.33. The number of hydrogen-bond acceptors (Lipinski definition) is 4. The van der Waals surface area contributed by atoms with Crippen molar-refractivity contribution < 1.29 is 9.32 Å². The molecule has 1 saturated heterocycles. The highest BCUT2D eigenvalue weighted by molar-refractivity contribution is 7.84. The van der Waals surface area contributed by atoms with E-state index in [0.717, 1.165) is 31.7 Å². The first kappa shape index (κ1) is 21.4. The Morgan fingerprint density at radius 1 is 1.29 bits per heavy atom. The van der Waals surface area contributed by atoms with Crippen molar-refractivity contribution in [2.75, 3.05) is 18.0 Å². The molecule has 3 N–H and O–H groups in total. The summed E-state index contributed by atoms with van der Waals surface area (Å²) in [5.74, 6) is 1.25. The average molecular weight is 445 g/mol. The number of nitrogens with zero attached hydrogens (tertiary/aromatic N) is 2. The fraction of sp³-hybridized carbons (Fsp3) is 0.526. The summed E-state index contributed by atoms with van der Waals surface area (Å²) < 4.78 is 15.7. The maximum absolute atomic E-state index is 12.8. The summed E-state index contributed by atoms with van der Waals surface area (Å²) in [7, 11) is -1.30. The largest absolute Gasteiger partial charge is 0.508 e. The monoisotopic (exact) mass is 444 g/mol. The van der Waals surface area contributed by atoms with Crippen molar-refractivity contribution in [2.24, 2.45) is 5.92 Å². The van der Waals surface area contributed by atoms with Gasteiger partial charge in [0.15, 0.2) is 0 Å². The molecule has 2 atom stereocenters. The molecule has 154 valence electrons. The van der Waals surface area contributed by atoms with Gasteiger partial charge in [0.05, 0.1) is 38.0 Å². The number of anilines is 1. The van der Waals surface area contributed by atoms with Crippen LogP contribution in [0.25, 0.3) is 0 Å². The number of halogens is 2. The van der Waals surface area contributed by atoms with E-state index in [1.54, 1.807) is 12.3 Å². The molecule has 1 aromatic heterocycles. The third-order valence-corrected chi connectivity index (χ3v) is 7.34. The van der Waals surface area contributed by atoms with Gasteiger partial charge in [0, 0.05) is 30.8 Å². The van der Waals surface area contributed by atoms with Crippen LogP contribution < -0.4 is 9.62 Å². The second-order valence-electron chi connectivity index (χ2n) is 8.07. The van der Waals surface area contributed by atoms with Crippen molar-refractivity contribution in [1.29, 1.82) is 0 Å². The zero-order chi connectivity index (χ0) is 20.5. The Bertz CT molecular complexity index is 831. The van der Waals surface area contributed by atoms with Crippen LogP contribution in [-0.4, -0.2) is 37.3 Å². The fourth-order valence-corrected chi connectivity index (χ4v) is 4.64. The minimum Gasteiger partial charge on any atom is -0.508 e. The normalized spacial score (nSPS) is 18.2. The van der Waals surface area contributed by atoms with Gasteiger partial charge >= 0.3 is 0 Å². The molecule has 1 aliphatic rings. The highest BCUT2D eigenvalue weighted by atomic mass is 35.5. The van der Waals surface area contributed by atoms with Gasteiger partial charge in [0.1, 0.15) is 11.6 Å². The van der Waals surface area contributed by atoms with Crippen LogP contribution in [-0.2, 0) is 11.0 Å². The molecule has 2 heterocycles. The molecule has 0 saturated carbocycles. The second kappa shape index (κ2) is 8.61. The zero-order valence-electron chi connectivity index (χ0n) is 16.2. The van der Waals surface area contributed by atoms with Crippen molar-refractivity contribution in [3.63, 3.8) is 0 Å². The van der Waals surface area contributed by atoms with E-state index in [0.29, 0.717) is 15.6 Å². The van der Waals surface area contributed by atoms with Crippen LogP contribution in [0, 0.1) is 5.92 Å². The van der Waals surface area contributed by atoms with Crippen molar-refractivity contribution in [1.82, 2.24) is 14.9 Å².